The van der Waals surface area contributed by atoms with E-state index in [-0.39, 0.29) is 25.0 Å². The van der Waals surface area contributed by atoms with Gasteiger partial charge in [-0.2, -0.15) is 0 Å². The molecule has 1 N–H and O–H groups in total. The van der Waals surface area contributed by atoms with Gasteiger partial charge in [0.05, 0.1) is 17.9 Å². The molecule has 0 fully saturated rings. The van der Waals surface area contributed by atoms with Crippen LogP contribution in [0.15, 0.2) is 53.0 Å². The molecule has 0 radical (unpaired) electrons. The third kappa shape index (κ3) is 3.12. The lowest BCUT2D eigenvalue weighted by Crippen LogP contribution is -2.41. The lowest BCUT2D eigenvalue weighted by Gasteiger charge is -2.29. The Morgan fingerprint density at radius 1 is 1.18 bits per heavy atom. The fourth-order valence-electron chi connectivity index (χ4n) is 2.27. The Morgan fingerprint density at radius 2 is 1.91 bits per heavy atom. The number of halogens is 1. The summed E-state index contributed by atoms with van der Waals surface area (Å²) >= 11 is 3.38. The number of carbonyl (C=O) groups excluding carboxylic acids is 2. The van der Waals surface area contributed by atoms with E-state index in [1.54, 1.807) is 23.1 Å². The summed E-state index contributed by atoms with van der Waals surface area (Å²) in [6.45, 7) is 0.133. The van der Waals surface area contributed by atoms with Crippen LogP contribution < -0.4 is 15.0 Å². The zero-order valence-corrected chi connectivity index (χ0v) is 13.2. The molecule has 6 heteroatoms. The maximum absolute atomic E-state index is 12.2. The van der Waals surface area contributed by atoms with Crippen LogP contribution in [-0.2, 0) is 9.59 Å². The second-order valence-electron chi connectivity index (χ2n) is 4.83. The number of rotatable bonds is 3. The van der Waals surface area contributed by atoms with Crippen molar-refractivity contribution in [2.24, 2.45) is 0 Å². The predicted molar refractivity (Wildman–Crippen MR) is 87.1 cm³/mol. The van der Waals surface area contributed by atoms with Crippen molar-refractivity contribution in [3.63, 3.8) is 0 Å². The van der Waals surface area contributed by atoms with Crippen LogP contribution in [0.25, 0.3) is 0 Å². The van der Waals surface area contributed by atoms with Gasteiger partial charge in [-0.05, 0) is 40.2 Å². The van der Waals surface area contributed by atoms with Crippen LogP contribution >= 0.6 is 15.9 Å². The van der Waals surface area contributed by atoms with Gasteiger partial charge in [0.1, 0.15) is 6.54 Å². The van der Waals surface area contributed by atoms with Gasteiger partial charge >= 0.3 is 5.97 Å². The van der Waals surface area contributed by atoms with Gasteiger partial charge in [0, 0.05) is 4.47 Å². The summed E-state index contributed by atoms with van der Waals surface area (Å²) < 4.78 is 5.97. The van der Waals surface area contributed by atoms with Crippen LogP contribution in [0.2, 0.25) is 0 Å². The Hall–Kier alpha value is -2.34. The van der Waals surface area contributed by atoms with Crippen LogP contribution in [0.3, 0.4) is 0 Å². The highest BCUT2D eigenvalue weighted by atomic mass is 79.9. The summed E-state index contributed by atoms with van der Waals surface area (Å²) in [5.74, 6) is -0.0868. The highest BCUT2D eigenvalue weighted by Gasteiger charge is 2.25. The van der Waals surface area contributed by atoms with Crippen molar-refractivity contribution in [2.45, 2.75) is 0 Å². The normalized spacial score (nSPS) is 13.3. The molecule has 112 valence electrons. The van der Waals surface area contributed by atoms with Gasteiger partial charge in [0.15, 0.2) is 5.75 Å². The second-order valence-corrected chi connectivity index (χ2v) is 5.68. The average molecular weight is 361 g/mol. The molecule has 0 bridgehead atoms. The summed E-state index contributed by atoms with van der Waals surface area (Å²) in [6, 6.07) is 14.5. The van der Waals surface area contributed by atoms with Crippen molar-refractivity contribution in [3.05, 3.63) is 53.0 Å². The molecular weight excluding hydrogens is 348 g/mol. The minimum Gasteiger partial charge on any atom is -0.423 e. The van der Waals surface area contributed by atoms with Gasteiger partial charge in [-0.25, -0.2) is 4.79 Å². The Morgan fingerprint density at radius 3 is 2.73 bits per heavy atom. The van der Waals surface area contributed by atoms with E-state index in [0.29, 0.717) is 11.4 Å². The maximum atomic E-state index is 12.2. The lowest BCUT2D eigenvalue weighted by atomic mass is 10.2. The molecule has 2 aromatic rings. The highest BCUT2D eigenvalue weighted by Crippen LogP contribution is 2.31. The summed E-state index contributed by atoms with van der Waals surface area (Å²) in [5.41, 5.74) is 1.43. The summed E-state index contributed by atoms with van der Waals surface area (Å²) in [5, 5.41) is 2.82. The monoisotopic (exact) mass is 360 g/mol. The summed E-state index contributed by atoms with van der Waals surface area (Å²) in [4.78, 5) is 25.6. The minimum atomic E-state index is -0.368. The molecule has 22 heavy (non-hydrogen) atoms. The molecule has 0 aliphatic carbocycles. The standard InChI is InChI=1S/C16H13BrN2O3/c17-11-5-1-2-6-12(11)18-15(20)9-19-10-16(21)22-14-8-4-3-7-13(14)19/h1-8H,9-10H2,(H,18,20). The molecule has 1 amide bonds. The zero-order valence-electron chi connectivity index (χ0n) is 11.6. The molecule has 0 unspecified atom stereocenters. The number of hydrogen-bond acceptors (Lipinski definition) is 4. The van der Waals surface area contributed by atoms with Gasteiger partial charge in [0.25, 0.3) is 0 Å². The quantitative estimate of drug-likeness (QED) is 0.675. The van der Waals surface area contributed by atoms with E-state index in [9.17, 15) is 9.59 Å². The number of hydrogen-bond donors (Lipinski definition) is 1. The van der Waals surface area contributed by atoms with E-state index in [4.69, 9.17) is 4.74 Å². The molecular formula is C16H13BrN2O3. The number of nitrogens with one attached hydrogen (secondary N) is 1. The van der Waals surface area contributed by atoms with Gasteiger partial charge in [0.2, 0.25) is 5.91 Å². The van der Waals surface area contributed by atoms with Crippen LogP contribution in [0, 0.1) is 0 Å². The van der Waals surface area contributed by atoms with Crippen molar-refractivity contribution in [3.8, 4) is 5.75 Å². The third-order valence-electron chi connectivity index (χ3n) is 3.23. The number of esters is 1. The number of amides is 1. The molecule has 2 aromatic carbocycles. The fourth-order valence-corrected chi connectivity index (χ4v) is 2.65. The van der Waals surface area contributed by atoms with Crippen molar-refractivity contribution >= 4 is 39.2 Å². The minimum absolute atomic E-state index is 0.0559. The van der Waals surface area contributed by atoms with Gasteiger partial charge in [-0.15, -0.1) is 0 Å². The zero-order chi connectivity index (χ0) is 15.5. The first-order valence-corrected chi connectivity index (χ1v) is 7.52. The van der Waals surface area contributed by atoms with Crippen molar-refractivity contribution in [2.75, 3.05) is 23.3 Å². The SMILES string of the molecule is O=C(CN1CC(=O)Oc2ccccc21)Nc1ccccc1Br. The van der Waals surface area contributed by atoms with Gasteiger partial charge < -0.3 is 15.0 Å². The number of nitrogens with zero attached hydrogens (tertiary/aromatic N) is 1. The predicted octanol–water partition coefficient (Wildman–Crippen LogP) is 2.81. The second kappa shape index (κ2) is 6.19. The number of carbonyl (C=O) groups is 2. The van der Waals surface area contributed by atoms with E-state index in [1.807, 2.05) is 30.3 Å². The number of ether oxygens (including phenoxy) is 1. The smallest absolute Gasteiger partial charge is 0.331 e. The summed E-state index contributed by atoms with van der Waals surface area (Å²) in [7, 11) is 0. The Kier molecular flexibility index (Phi) is 4.11. The number of anilines is 2. The maximum Gasteiger partial charge on any atom is 0.331 e. The van der Waals surface area contributed by atoms with Crippen LogP contribution in [0.4, 0.5) is 11.4 Å². The number of benzene rings is 2. The van der Waals surface area contributed by atoms with Crippen LogP contribution in [0.5, 0.6) is 5.75 Å². The molecule has 0 saturated carbocycles. The van der Waals surface area contributed by atoms with Gasteiger partial charge in [-0.1, -0.05) is 24.3 Å². The molecule has 0 spiro atoms. The average Bonchev–Trinajstić information content (AvgIpc) is 2.49. The van der Waals surface area contributed by atoms with E-state index < -0.39 is 0 Å². The lowest BCUT2D eigenvalue weighted by molar-refractivity contribution is -0.133. The molecule has 0 aromatic heterocycles. The molecule has 5 nitrogen and oxygen atoms in total. The van der Waals surface area contributed by atoms with Crippen molar-refractivity contribution in [1.29, 1.82) is 0 Å². The Labute approximate surface area is 136 Å². The van der Waals surface area contributed by atoms with Crippen LogP contribution in [-0.4, -0.2) is 25.0 Å². The first kappa shape index (κ1) is 14.6. The van der Waals surface area contributed by atoms with Crippen molar-refractivity contribution in [1.82, 2.24) is 0 Å². The highest BCUT2D eigenvalue weighted by molar-refractivity contribution is 9.10. The Bertz CT molecular complexity index is 733. The molecule has 0 saturated heterocycles. The fraction of sp³-hybridized carbons (Fsp3) is 0.125. The first-order valence-electron chi connectivity index (χ1n) is 6.72. The first-order chi connectivity index (χ1) is 10.6. The summed E-state index contributed by atoms with van der Waals surface area (Å²) in [6.07, 6.45) is 0. The Balaban J connectivity index is 1.75. The molecule has 1 aliphatic rings. The molecule has 3 rings (SSSR count). The largest absolute Gasteiger partial charge is 0.423 e. The number of para-hydroxylation sites is 3. The van der Waals surface area contributed by atoms with E-state index in [2.05, 4.69) is 21.2 Å². The van der Waals surface area contributed by atoms with E-state index in [0.717, 1.165) is 10.2 Å². The van der Waals surface area contributed by atoms with Gasteiger partial charge in [-0.3, -0.25) is 4.79 Å². The topological polar surface area (TPSA) is 58.6 Å². The van der Waals surface area contributed by atoms with E-state index in [1.165, 1.54) is 0 Å². The number of fused-ring (bicyclic) bond motifs is 1. The molecule has 1 aliphatic heterocycles. The van der Waals surface area contributed by atoms with Crippen LogP contribution in [0.1, 0.15) is 0 Å². The van der Waals surface area contributed by atoms with Crippen molar-refractivity contribution < 1.29 is 14.3 Å². The molecule has 1 heterocycles. The molecule has 0 atom stereocenters. The van der Waals surface area contributed by atoms with E-state index >= 15 is 0 Å². The third-order valence-corrected chi connectivity index (χ3v) is 3.92.